The van der Waals surface area contributed by atoms with Crippen molar-refractivity contribution in [3.8, 4) is 0 Å². The minimum Gasteiger partial charge on any atom is -0.387 e. The van der Waals surface area contributed by atoms with Crippen molar-refractivity contribution in [2.75, 3.05) is 0 Å². The first-order chi connectivity index (χ1) is 4.20. The quantitative estimate of drug-likeness (QED) is 0.249. The third kappa shape index (κ3) is 1.13. The molecule has 0 amide bonds. The molecule has 1 rings (SSSR count). The number of rotatable bonds is 0. The van der Waals surface area contributed by atoms with Crippen molar-refractivity contribution < 1.29 is 19.1 Å². The van der Waals surface area contributed by atoms with Crippen LogP contribution in [0.15, 0.2) is 0 Å². The van der Waals surface area contributed by atoms with E-state index in [4.69, 9.17) is 0 Å². The second-order valence-corrected chi connectivity index (χ2v) is 1.68. The summed E-state index contributed by atoms with van der Waals surface area (Å²) in [6.45, 7) is 0. The van der Waals surface area contributed by atoms with Gasteiger partial charge in [0.15, 0.2) is 0 Å². The van der Waals surface area contributed by atoms with Gasteiger partial charge in [0.25, 0.3) is 0 Å². The first-order valence-corrected chi connectivity index (χ1v) is 2.48. The maximum absolute atomic E-state index is 10.3. The lowest BCUT2D eigenvalue weighted by atomic mass is 10.2. The van der Waals surface area contributed by atoms with Crippen molar-refractivity contribution in [1.29, 1.82) is 0 Å². The van der Waals surface area contributed by atoms with Crippen LogP contribution in [0.2, 0.25) is 0 Å². The number of carbonyl (C=O) groups excluding carboxylic acids is 3. The first kappa shape index (κ1) is 5.94. The monoisotopic (exact) mass is 128 g/mol. The Balaban J connectivity index is 2.64. The molecule has 0 aromatic carbocycles. The summed E-state index contributed by atoms with van der Waals surface area (Å²) in [5.41, 5.74) is 0. The Morgan fingerprint density at radius 3 is 2.22 bits per heavy atom. The summed E-state index contributed by atoms with van der Waals surface area (Å²) in [6.07, 6.45) is 0.0300. The fourth-order valence-corrected chi connectivity index (χ4v) is 0.529. The zero-order valence-electron chi connectivity index (χ0n) is 4.55. The van der Waals surface area contributed by atoms with Gasteiger partial charge in [-0.1, -0.05) is 0 Å². The smallest absolute Gasteiger partial charge is 0.382 e. The summed E-state index contributed by atoms with van der Waals surface area (Å²) in [7, 11) is 0. The Bertz CT molecular complexity index is 181. The molecule has 0 atom stereocenters. The number of hydrogen-bond donors (Lipinski definition) is 0. The van der Waals surface area contributed by atoms with Crippen molar-refractivity contribution in [3.63, 3.8) is 0 Å². The summed E-state index contributed by atoms with van der Waals surface area (Å²) in [6, 6.07) is 0. The number of cyclic esters (lactones) is 2. The number of Topliss-reactive ketones (excluding diaryl/α,β-unsaturated/α-hetero) is 1. The topological polar surface area (TPSA) is 60.4 Å². The lowest BCUT2D eigenvalue weighted by Gasteiger charge is -2.05. The van der Waals surface area contributed by atoms with Crippen molar-refractivity contribution in [2.45, 2.75) is 12.8 Å². The lowest BCUT2D eigenvalue weighted by Crippen LogP contribution is -2.27. The van der Waals surface area contributed by atoms with Crippen LogP contribution in [0, 0.1) is 0 Å². The highest BCUT2D eigenvalue weighted by Gasteiger charge is 2.25. The summed E-state index contributed by atoms with van der Waals surface area (Å²) in [5.74, 6) is -2.25. The van der Waals surface area contributed by atoms with E-state index in [0.717, 1.165) is 0 Å². The molecule has 4 heteroatoms. The molecule has 0 bridgehead atoms. The van der Waals surface area contributed by atoms with Gasteiger partial charge in [-0.3, -0.25) is 9.59 Å². The molecule has 1 aliphatic heterocycles. The first-order valence-electron chi connectivity index (χ1n) is 2.48. The van der Waals surface area contributed by atoms with Crippen LogP contribution in [0.3, 0.4) is 0 Å². The summed E-state index contributed by atoms with van der Waals surface area (Å²) in [5, 5.41) is 0. The second kappa shape index (κ2) is 1.97. The molecule has 1 heterocycles. The molecule has 48 valence electrons. The standard InChI is InChI=1S/C5H4O4/c6-3-1-2-4(7)9-5(3)8/h1-2H2. The average Bonchev–Trinajstić information content (AvgIpc) is 1.80. The second-order valence-electron chi connectivity index (χ2n) is 1.68. The number of hydrogen-bond acceptors (Lipinski definition) is 4. The molecule has 4 nitrogen and oxygen atoms in total. The molecule has 9 heavy (non-hydrogen) atoms. The molecule has 0 aliphatic carbocycles. The Kier molecular flexibility index (Phi) is 1.30. The van der Waals surface area contributed by atoms with E-state index >= 15 is 0 Å². The summed E-state index contributed by atoms with van der Waals surface area (Å²) in [4.78, 5) is 30.7. The van der Waals surface area contributed by atoms with E-state index in [0.29, 0.717) is 0 Å². The van der Waals surface area contributed by atoms with E-state index in [-0.39, 0.29) is 12.8 Å². The molecule has 0 spiro atoms. The lowest BCUT2D eigenvalue weighted by molar-refractivity contribution is -0.168. The third-order valence-corrected chi connectivity index (χ3v) is 0.990. The number of carbonyl (C=O) groups is 3. The predicted octanol–water partition coefficient (Wildman–Crippen LogP) is -0.581. The van der Waals surface area contributed by atoms with Gasteiger partial charge in [0.1, 0.15) is 0 Å². The molecular weight excluding hydrogens is 124 g/mol. The van der Waals surface area contributed by atoms with E-state index in [2.05, 4.69) is 4.74 Å². The molecular formula is C5H4O4. The highest BCUT2D eigenvalue weighted by Crippen LogP contribution is 2.02. The van der Waals surface area contributed by atoms with Crippen LogP contribution in [0.25, 0.3) is 0 Å². The fraction of sp³-hybridized carbons (Fsp3) is 0.400. The molecule has 0 saturated carbocycles. The largest absolute Gasteiger partial charge is 0.387 e. The van der Waals surface area contributed by atoms with E-state index in [1.807, 2.05) is 0 Å². The number of esters is 2. The zero-order valence-corrected chi connectivity index (χ0v) is 4.55. The van der Waals surface area contributed by atoms with Gasteiger partial charge in [-0.2, -0.15) is 0 Å². The van der Waals surface area contributed by atoms with Gasteiger partial charge >= 0.3 is 11.9 Å². The van der Waals surface area contributed by atoms with Gasteiger partial charge in [0.2, 0.25) is 5.78 Å². The molecule has 1 saturated heterocycles. The van der Waals surface area contributed by atoms with Gasteiger partial charge in [-0.25, -0.2) is 4.79 Å². The van der Waals surface area contributed by atoms with Crippen LogP contribution < -0.4 is 0 Å². The van der Waals surface area contributed by atoms with Crippen LogP contribution in [-0.4, -0.2) is 17.7 Å². The summed E-state index contributed by atoms with van der Waals surface area (Å²) >= 11 is 0. The van der Waals surface area contributed by atoms with Crippen molar-refractivity contribution in [1.82, 2.24) is 0 Å². The predicted molar refractivity (Wildman–Crippen MR) is 25.3 cm³/mol. The summed E-state index contributed by atoms with van der Waals surface area (Å²) < 4.78 is 3.97. The van der Waals surface area contributed by atoms with Crippen molar-refractivity contribution in [2.24, 2.45) is 0 Å². The van der Waals surface area contributed by atoms with Crippen LogP contribution >= 0.6 is 0 Å². The molecule has 0 radical (unpaired) electrons. The molecule has 0 N–H and O–H groups in total. The van der Waals surface area contributed by atoms with Gasteiger partial charge in [-0.15, -0.1) is 0 Å². The highest BCUT2D eigenvalue weighted by atomic mass is 16.6. The Hall–Kier alpha value is -1.19. The van der Waals surface area contributed by atoms with E-state index in [9.17, 15) is 14.4 Å². The normalized spacial score (nSPS) is 19.8. The third-order valence-electron chi connectivity index (χ3n) is 0.990. The van der Waals surface area contributed by atoms with E-state index < -0.39 is 17.7 Å². The van der Waals surface area contributed by atoms with E-state index in [1.165, 1.54) is 0 Å². The molecule has 1 fully saturated rings. The molecule has 0 aromatic heterocycles. The molecule has 0 unspecified atom stereocenters. The van der Waals surface area contributed by atoms with Gasteiger partial charge in [-0.05, 0) is 0 Å². The fourth-order valence-electron chi connectivity index (χ4n) is 0.529. The van der Waals surface area contributed by atoms with Crippen LogP contribution in [-0.2, 0) is 19.1 Å². The van der Waals surface area contributed by atoms with Gasteiger partial charge in [0.05, 0.1) is 6.42 Å². The van der Waals surface area contributed by atoms with Crippen LogP contribution in [0.5, 0.6) is 0 Å². The van der Waals surface area contributed by atoms with Crippen molar-refractivity contribution >= 4 is 17.7 Å². The van der Waals surface area contributed by atoms with Crippen molar-refractivity contribution in [3.05, 3.63) is 0 Å². The maximum Gasteiger partial charge on any atom is 0.382 e. The molecule has 1 aliphatic rings. The van der Waals surface area contributed by atoms with E-state index in [1.54, 1.807) is 0 Å². The SMILES string of the molecule is O=C1CCC(=O)C(=O)O1. The minimum atomic E-state index is -1.02. The number of ether oxygens (including phenoxy) is 1. The minimum absolute atomic E-state index is 0.00231. The zero-order chi connectivity index (χ0) is 6.85. The Morgan fingerprint density at radius 1 is 1.11 bits per heavy atom. The maximum atomic E-state index is 10.3. The highest BCUT2D eigenvalue weighted by molar-refractivity contribution is 6.36. The van der Waals surface area contributed by atoms with Crippen LogP contribution in [0.4, 0.5) is 0 Å². The number of ketones is 1. The Morgan fingerprint density at radius 2 is 1.78 bits per heavy atom. The van der Waals surface area contributed by atoms with Crippen LogP contribution in [0.1, 0.15) is 12.8 Å². The molecule has 0 aromatic rings. The Labute approximate surface area is 50.8 Å². The van der Waals surface area contributed by atoms with Gasteiger partial charge in [0, 0.05) is 6.42 Å². The van der Waals surface area contributed by atoms with Gasteiger partial charge < -0.3 is 4.74 Å². The average molecular weight is 128 g/mol.